The van der Waals surface area contributed by atoms with Crippen LogP contribution in [0.4, 0.5) is 0 Å². The topological polar surface area (TPSA) is 41.6 Å². The Morgan fingerprint density at radius 3 is 2.62 bits per heavy atom. The Balaban J connectivity index is 2.11. The molecule has 0 bridgehead atoms. The van der Waals surface area contributed by atoms with Crippen molar-refractivity contribution in [1.82, 2.24) is 4.90 Å². The highest BCUT2D eigenvalue weighted by Gasteiger charge is 2.38. The van der Waals surface area contributed by atoms with Crippen LogP contribution in [0.1, 0.15) is 25.7 Å². The van der Waals surface area contributed by atoms with Gasteiger partial charge in [-0.25, -0.2) is 0 Å². The molecule has 1 spiro atoms. The van der Waals surface area contributed by atoms with Crippen LogP contribution in [0.3, 0.4) is 0 Å². The summed E-state index contributed by atoms with van der Waals surface area (Å²) in [6.07, 6.45) is 4.90. The standard InChI is InChI=1S/C10H19N3/c1-13-7-4-10(5-8-13)3-2-6-12-9(10)11/h2-8H2,1H3,(H2,11,12). The van der Waals surface area contributed by atoms with Gasteiger partial charge in [0.1, 0.15) is 5.84 Å². The molecule has 0 amide bonds. The SMILES string of the molecule is CN1CCC2(CCCN=C2N)CC1. The van der Waals surface area contributed by atoms with Crippen molar-refractivity contribution >= 4 is 5.84 Å². The van der Waals surface area contributed by atoms with Gasteiger partial charge in [-0.15, -0.1) is 0 Å². The van der Waals surface area contributed by atoms with Gasteiger partial charge >= 0.3 is 0 Å². The smallest absolute Gasteiger partial charge is 0.100 e. The largest absolute Gasteiger partial charge is 0.387 e. The number of nitrogens with two attached hydrogens (primary N) is 1. The first-order chi connectivity index (χ1) is 6.23. The van der Waals surface area contributed by atoms with Crippen molar-refractivity contribution in [3.8, 4) is 0 Å². The third-order valence-electron chi connectivity index (χ3n) is 3.58. The molecule has 0 radical (unpaired) electrons. The first kappa shape index (κ1) is 9.00. The van der Waals surface area contributed by atoms with Crippen molar-refractivity contribution in [2.45, 2.75) is 25.7 Å². The lowest BCUT2D eigenvalue weighted by molar-refractivity contribution is 0.164. The second-order valence-corrected chi connectivity index (χ2v) is 4.45. The third kappa shape index (κ3) is 1.57. The molecule has 2 aliphatic heterocycles. The van der Waals surface area contributed by atoms with Crippen molar-refractivity contribution in [3.05, 3.63) is 0 Å². The summed E-state index contributed by atoms with van der Waals surface area (Å²) in [7, 11) is 2.18. The van der Waals surface area contributed by atoms with Gasteiger partial charge in [0, 0.05) is 12.0 Å². The van der Waals surface area contributed by atoms with Crippen LogP contribution < -0.4 is 5.73 Å². The number of piperidine rings is 1. The number of aliphatic imine (C=N–C) groups is 1. The summed E-state index contributed by atoms with van der Waals surface area (Å²) < 4.78 is 0. The minimum Gasteiger partial charge on any atom is -0.387 e. The van der Waals surface area contributed by atoms with E-state index in [2.05, 4.69) is 16.9 Å². The second kappa shape index (κ2) is 3.29. The number of rotatable bonds is 0. The third-order valence-corrected chi connectivity index (χ3v) is 3.58. The lowest BCUT2D eigenvalue weighted by Gasteiger charge is -2.42. The highest BCUT2D eigenvalue weighted by molar-refractivity contribution is 5.87. The highest BCUT2D eigenvalue weighted by Crippen LogP contribution is 2.37. The van der Waals surface area contributed by atoms with Gasteiger partial charge in [0.25, 0.3) is 0 Å². The zero-order valence-electron chi connectivity index (χ0n) is 8.42. The van der Waals surface area contributed by atoms with E-state index in [-0.39, 0.29) is 5.41 Å². The predicted molar refractivity (Wildman–Crippen MR) is 54.9 cm³/mol. The van der Waals surface area contributed by atoms with Gasteiger partial charge in [-0.3, -0.25) is 4.99 Å². The van der Waals surface area contributed by atoms with Crippen molar-refractivity contribution in [3.63, 3.8) is 0 Å². The van der Waals surface area contributed by atoms with E-state index in [0.29, 0.717) is 0 Å². The van der Waals surface area contributed by atoms with E-state index in [4.69, 9.17) is 5.73 Å². The lowest BCUT2D eigenvalue weighted by atomic mass is 9.73. The van der Waals surface area contributed by atoms with E-state index in [0.717, 1.165) is 12.4 Å². The molecule has 2 heterocycles. The van der Waals surface area contributed by atoms with Gasteiger partial charge < -0.3 is 10.6 Å². The summed E-state index contributed by atoms with van der Waals surface area (Å²) in [6, 6.07) is 0. The average Bonchev–Trinajstić information content (AvgIpc) is 2.15. The molecule has 0 aliphatic carbocycles. The number of nitrogens with zero attached hydrogens (tertiary/aromatic N) is 2. The van der Waals surface area contributed by atoms with Crippen molar-refractivity contribution in [1.29, 1.82) is 0 Å². The highest BCUT2D eigenvalue weighted by atomic mass is 15.1. The first-order valence-electron chi connectivity index (χ1n) is 5.22. The van der Waals surface area contributed by atoms with Crippen LogP contribution in [0.25, 0.3) is 0 Å². The molecule has 13 heavy (non-hydrogen) atoms. The lowest BCUT2D eigenvalue weighted by Crippen LogP contribution is -2.47. The number of likely N-dealkylation sites (tertiary alicyclic amines) is 1. The Bertz CT molecular complexity index is 214. The Hall–Kier alpha value is -0.570. The molecular formula is C10H19N3. The number of hydrogen-bond acceptors (Lipinski definition) is 3. The minimum atomic E-state index is 0.282. The minimum absolute atomic E-state index is 0.282. The van der Waals surface area contributed by atoms with Crippen LogP contribution in [-0.4, -0.2) is 37.4 Å². The fourth-order valence-electron chi connectivity index (χ4n) is 2.47. The van der Waals surface area contributed by atoms with Gasteiger partial charge in [-0.1, -0.05) is 0 Å². The Morgan fingerprint density at radius 1 is 1.31 bits per heavy atom. The molecule has 2 N–H and O–H groups in total. The molecule has 0 atom stereocenters. The van der Waals surface area contributed by atoms with Crippen LogP contribution in [0.5, 0.6) is 0 Å². The normalized spacial score (nSPS) is 28.8. The molecule has 1 fully saturated rings. The van der Waals surface area contributed by atoms with Crippen LogP contribution in [0, 0.1) is 5.41 Å². The molecule has 74 valence electrons. The van der Waals surface area contributed by atoms with Gasteiger partial charge in [0.05, 0.1) is 0 Å². The van der Waals surface area contributed by atoms with Crippen LogP contribution in [0.15, 0.2) is 4.99 Å². The zero-order chi connectivity index (χ0) is 9.31. The molecule has 0 aromatic rings. The van der Waals surface area contributed by atoms with Crippen molar-refractivity contribution < 1.29 is 0 Å². The molecule has 0 aromatic heterocycles. The molecular weight excluding hydrogens is 162 g/mol. The summed E-state index contributed by atoms with van der Waals surface area (Å²) in [5.41, 5.74) is 6.30. The van der Waals surface area contributed by atoms with E-state index >= 15 is 0 Å². The predicted octanol–water partition coefficient (Wildman–Crippen LogP) is 0.849. The van der Waals surface area contributed by atoms with Crippen molar-refractivity contribution in [2.75, 3.05) is 26.7 Å². The maximum Gasteiger partial charge on any atom is 0.100 e. The number of amidine groups is 1. The number of hydrogen-bond donors (Lipinski definition) is 1. The van der Waals surface area contributed by atoms with Gasteiger partial charge in [-0.05, 0) is 45.8 Å². The summed E-state index contributed by atoms with van der Waals surface area (Å²) >= 11 is 0. The fourth-order valence-corrected chi connectivity index (χ4v) is 2.47. The molecule has 0 aromatic carbocycles. The molecule has 0 unspecified atom stereocenters. The Kier molecular flexibility index (Phi) is 2.28. The van der Waals surface area contributed by atoms with Gasteiger partial charge in [-0.2, -0.15) is 0 Å². The summed E-state index contributed by atoms with van der Waals surface area (Å²) in [5.74, 6) is 0.937. The van der Waals surface area contributed by atoms with E-state index in [9.17, 15) is 0 Å². The van der Waals surface area contributed by atoms with Gasteiger partial charge in [0.15, 0.2) is 0 Å². The van der Waals surface area contributed by atoms with Gasteiger partial charge in [0.2, 0.25) is 0 Å². The summed E-state index contributed by atoms with van der Waals surface area (Å²) in [6.45, 7) is 3.30. The average molecular weight is 181 g/mol. The summed E-state index contributed by atoms with van der Waals surface area (Å²) in [4.78, 5) is 6.79. The molecule has 2 aliphatic rings. The second-order valence-electron chi connectivity index (χ2n) is 4.45. The Labute approximate surface area is 80.0 Å². The van der Waals surface area contributed by atoms with Crippen LogP contribution in [-0.2, 0) is 0 Å². The molecule has 0 saturated carbocycles. The monoisotopic (exact) mass is 181 g/mol. The quantitative estimate of drug-likeness (QED) is 0.602. The molecule has 3 nitrogen and oxygen atoms in total. The maximum absolute atomic E-state index is 6.02. The maximum atomic E-state index is 6.02. The Morgan fingerprint density at radius 2 is 2.00 bits per heavy atom. The zero-order valence-corrected chi connectivity index (χ0v) is 8.42. The molecule has 2 rings (SSSR count). The fraction of sp³-hybridized carbons (Fsp3) is 0.900. The van der Waals surface area contributed by atoms with E-state index in [1.807, 2.05) is 0 Å². The van der Waals surface area contributed by atoms with E-state index in [1.54, 1.807) is 0 Å². The first-order valence-corrected chi connectivity index (χ1v) is 5.22. The molecule has 3 heteroatoms. The van der Waals surface area contributed by atoms with Crippen LogP contribution in [0.2, 0.25) is 0 Å². The molecule has 1 saturated heterocycles. The van der Waals surface area contributed by atoms with E-state index in [1.165, 1.54) is 38.8 Å². The van der Waals surface area contributed by atoms with Crippen LogP contribution >= 0.6 is 0 Å². The van der Waals surface area contributed by atoms with Crippen molar-refractivity contribution in [2.24, 2.45) is 16.1 Å². The van der Waals surface area contributed by atoms with E-state index < -0.39 is 0 Å². The summed E-state index contributed by atoms with van der Waals surface area (Å²) in [5, 5.41) is 0.